The molecule has 0 aliphatic carbocycles. The first-order valence-electron chi connectivity index (χ1n) is 8.37. The van der Waals surface area contributed by atoms with E-state index in [9.17, 15) is 9.18 Å². The molecule has 1 aliphatic rings. The summed E-state index contributed by atoms with van der Waals surface area (Å²) in [4.78, 5) is 18.5. The Bertz CT molecular complexity index is 926. The minimum absolute atomic E-state index is 0.208. The molecule has 0 radical (unpaired) electrons. The minimum Gasteiger partial charge on any atom is -0.320 e. The monoisotopic (exact) mass is 358 g/mol. The lowest BCUT2D eigenvalue weighted by Gasteiger charge is -2.21. The Morgan fingerprint density at radius 3 is 2.96 bits per heavy atom. The quantitative estimate of drug-likeness (QED) is 0.753. The zero-order valence-corrected chi connectivity index (χ0v) is 14.7. The SMILES string of the molecule is Cc1cn2cc(NC(=O)c3ccc(C4CCNCC4)s3)cc(F)c2n1. The van der Waals surface area contributed by atoms with Crippen LogP contribution in [-0.2, 0) is 0 Å². The molecule has 4 heterocycles. The van der Waals surface area contributed by atoms with Crippen LogP contribution >= 0.6 is 11.3 Å². The molecule has 1 aliphatic heterocycles. The van der Waals surface area contributed by atoms with E-state index in [4.69, 9.17) is 0 Å². The molecule has 3 aromatic rings. The van der Waals surface area contributed by atoms with Gasteiger partial charge in [-0.1, -0.05) is 0 Å². The summed E-state index contributed by atoms with van der Waals surface area (Å²) in [5.41, 5.74) is 1.41. The topological polar surface area (TPSA) is 58.4 Å². The van der Waals surface area contributed by atoms with Gasteiger partial charge in [-0.2, -0.15) is 0 Å². The highest BCUT2D eigenvalue weighted by Crippen LogP contribution is 2.31. The molecule has 0 unspecified atom stereocenters. The lowest BCUT2D eigenvalue weighted by Crippen LogP contribution is -2.26. The van der Waals surface area contributed by atoms with Crippen LogP contribution in [0, 0.1) is 12.7 Å². The molecular weight excluding hydrogens is 339 g/mol. The van der Waals surface area contributed by atoms with Gasteiger partial charge in [-0.25, -0.2) is 9.37 Å². The lowest BCUT2D eigenvalue weighted by atomic mass is 9.97. The van der Waals surface area contributed by atoms with Crippen LogP contribution < -0.4 is 10.6 Å². The Morgan fingerprint density at radius 2 is 2.16 bits per heavy atom. The summed E-state index contributed by atoms with van der Waals surface area (Å²) in [7, 11) is 0. The van der Waals surface area contributed by atoms with Crippen molar-refractivity contribution < 1.29 is 9.18 Å². The molecule has 0 aromatic carbocycles. The predicted molar refractivity (Wildman–Crippen MR) is 97.0 cm³/mol. The first-order valence-corrected chi connectivity index (χ1v) is 9.18. The molecule has 2 N–H and O–H groups in total. The van der Waals surface area contributed by atoms with Gasteiger partial charge in [0.1, 0.15) is 0 Å². The molecule has 0 bridgehead atoms. The summed E-state index contributed by atoms with van der Waals surface area (Å²) < 4.78 is 15.7. The second-order valence-corrected chi connectivity index (χ2v) is 7.49. The summed E-state index contributed by atoms with van der Waals surface area (Å²) in [6, 6.07) is 5.20. The van der Waals surface area contributed by atoms with E-state index in [-0.39, 0.29) is 11.6 Å². The van der Waals surface area contributed by atoms with Gasteiger partial charge in [-0.3, -0.25) is 4.79 Å². The summed E-state index contributed by atoms with van der Waals surface area (Å²) >= 11 is 1.53. The van der Waals surface area contributed by atoms with Gasteiger partial charge in [-0.15, -0.1) is 11.3 Å². The van der Waals surface area contributed by atoms with Crippen molar-refractivity contribution in [1.29, 1.82) is 0 Å². The fourth-order valence-corrected chi connectivity index (χ4v) is 4.31. The number of imidazole rings is 1. The van der Waals surface area contributed by atoms with Crippen LogP contribution in [0.1, 0.15) is 39.0 Å². The van der Waals surface area contributed by atoms with Gasteiger partial charge in [0.05, 0.1) is 16.3 Å². The van der Waals surface area contributed by atoms with Crippen LogP contribution in [0.3, 0.4) is 0 Å². The van der Waals surface area contributed by atoms with Crippen molar-refractivity contribution in [2.45, 2.75) is 25.7 Å². The number of hydrogen-bond donors (Lipinski definition) is 2. The van der Waals surface area contributed by atoms with Crippen LogP contribution in [0.25, 0.3) is 5.65 Å². The number of carbonyl (C=O) groups excluding carboxylic acids is 1. The number of thiophene rings is 1. The zero-order chi connectivity index (χ0) is 17.4. The van der Waals surface area contributed by atoms with E-state index in [1.54, 1.807) is 23.7 Å². The number of pyridine rings is 1. The Balaban J connectivity index is 1.53. The molecule has 1 fully saturated rings. The van der Waals surface area contributed by atoms with Crippen LogP contribution in [0.4, 0.5) is 10.1 Å². The van der Waals surface area contributed by atoms with E-state index in [1.807, 2.05) is 12.1 Å². The fourth-order valence-electron chi connectivity index (χ4n) is 3.24. The molecule has 1 saturated heterocycles. The minimum atomic E-state index is -0.451. The number of nitrogens with zero attached hydrogens (tertiary/aromatic N) is 2. The van der Waals surface area contributed by atoms with Crippen LogP contribution in [-0.4, -0.2) is 28.4 Å². The van der Waals surface area contributed by atoms with E-state index >= 15 is 0 Å². The second kappa shape index (κ2) is 6.57. The second-order valence-electron chi connectivity index (χ2n) is 6.37. The fraction of sp³-hybridized carbons (Fsp3) is 0.333. The van der Waals surface area contributed by atoms with Crippen molar-refractivity contribution in [2.75, 3.05) is 18.4 Å². The summed E-state index contributed by atoms with van der Waals surface area (Å²) in [6.07, 6.45) is 5.61. The van der Waals surface area contributed by atoms with E-state index in [0.29, 0.717) is 16.5 Å². The van der Waals surface area contributed by atoms with Crippen molar-refractivity contribution in [3.63, 3.8) is 0 Å². The summed E-state index contributed by atoms with van der Waals surface area (Å²) in [6.45, 7) is 3.85. The van der Waals surface area contributed by atoms with Gasteiger partial charge in [0, 0.05) is 23.3 Å². The van der Waals surface area contributed by atoms with Gasteiger partial charge < -0.3 is 15.0 Å². The number of anilines is 1. The highest BCUT2D eigenvalue weighted by Gasteiger charge is 2.19. The van der Waals surface area contributed by atoms with E-state index in [0.717, 1.165) is 31.6 Å². The molecule has 1 amide bonds. The Labute approximate surface area is 148 Å². The number of nitrogens with one attached hydrogen (secondary N) is 2. The number of aromatic nitrogens is 2. The third kappa shape index (κ3) is 3.29. The molecule has 5 nitrogen and oxygen atoms in total. The Hall–Kier alpha value is -2.25. The third-order valence-electron chi connectivity index (χ3n) is 4.48. The zero-order valence-electron chi connectivity index (χ0n) is 13.9. The van der Waals surface area contributed by atoms with Crippen molar-refractivity contribution in [1.82, 2.24) is 14.7 Å². The lowest BCUT2D eigenvalue weighted by molar-refractivity contribution is 0.103. The van der Waals surface area contributed by atoms with Crippen LogP contribution in [0.15, 0.2) is 30.6 Å². The molecule has 0 saturated carbocycles. The van der Waals surface area contributed by atoms with E-state index in [2.05, 4.69) is 15.6 Å². The highest BCUT2D eigenvalue weighted by atomic mass is 32.1. The van der Waals surface area contributed by atoms with E-state index in [1.165, 1.54) is 22.3 Å². The van der Waals surface area contributed by atoms with Crippen molar-refractivity contribution in [2.24, 2.45) is 0 Å². The Morgan fingerprint density at radius 1 is 1.36 bits per heavy atom. The maximum atomic E-state index is 14.1. The summed E-state index contributed by atoms with van der Waals surface area (Å²) in [5.74, 6) is -0.135. The molecule has 3 aromatic heterocycles. The number of piperidine rings is 1. The standard InChI is InChI=1S/C18H19FN4OS/c1-11-9-23-10-13(8-14(19)17(23)21-11)22-18(24)16-3-2-15(25-16)12-4-6-20-7-5-12/h2-3,8-10,12,20H,4-7H2,1H3,(H,22,24). The van der Waals surface area contributed by atoms with Gasteiger partial charge >= 0.3 is 0 Å². The number of halogens is 1. The molecule has 130 valence electrons. The van der Waals surface area contributed by atoms with Gasteiger partial charge in [0.25, 0.3) is 5.91 Å². The maximum absolute atomic E-state index is 14.1. The van der Waals surface area contributed by atoms with Crippen molar-refractivity contribution >= 4 is 28.6 Å². The van der Waals surface area contributed by atoms with Crippen molar-refractivity contribution in [3.8, 4) is 0 Å². The number of hydrogen-bond acceptors (Lipinski definition) is 4. The highest BCUT2D eigenvalue weighted by molar-refractivity contribution is 7.14. The number of amides is 1. The largest absolute Gasteiger partial charge is 0.320 e. The number of rotatable bonds is 3. The smallest absolute Gasteiger partial charge is 0.265 e. The molecule has 7 heteroatoms. The first kappa shape index (κ1) is 16.2. The molecule has 0 spiro atoms. The number of carbonyl (C=O) groups is 1. The van der Waals surface area contributed by atoms with Crippen LogP contribution in [0.2, 0.25) is 0 Å². The maximum Gasteiger partial charge on any atom is 0.265 e. The average Bonchev–Trinajstić information content (AvgIpc) is 3.22. The molecule has 0 atom stereocenters. The number of aryl methyl sites for hydroxylation is 1. The molecule has 4 rings (SSSR count). The number of fused-ring (bicyclic) bond motifs is 1. The van der Waals surface area contributed by atoms with E-state index < -0.39 is 5.82 Å². The van der Waals surface area contributed by atoms with Gasteiger partial charge in [0.15, 0.2) is 11.5 Å². The molecule has 25 heavy (non-hydrogen) atoms. The normalized spacial score (nSPS) is 15.6. The summed E-state index contributed by atoms with van der Waals surface area (Å²) in [5, 5.41) is 6.14. The average molecular weight is 358 g/mol. The molecular formula is C18H19FN4OS. The first-order chi connectivity index (χ1) is 12.1. The van der Waals surface area contributed by atoms with Gasteiger partial charge in [-0.05, 0) is 50.9 Å². The third-order valence-corrected chi connectivity index (χ3v) is 5.72. The van der Waals surface area contributed by atoms with Crippen molar-refractivity contribution in [3.05, 3.63) is 51.9 Å². The Kier molecular flexibility index (Phi) is 4.27. The predicted octanol–water partition coefficient (Wildman–Crippen LogP) is 3.56. The van der Waals surface area contributed by atoms with Gasteiger partial charge in [0.2, 0.25) is 0 Å². The van der Waals surface area contributed by atoms with Crippen LogP contribution in [0.5, 0.6) is 0 Å².